The normalized spacial score (nSPS) is 9.73. The largest absolute Gasteiger partial charge is 0.313 e. The van der Waals surface area contributed by atoms with Crippen LogP contribution in [0.2, 0.25) is 0 Å². The van der Waals surface area contributed by atoms with E-state index >= 15 is 0 Å². The summed E-state index contributed by atoms with van der Waals surface area (Å²) in [6, 6.07) is 9.22. The van der Waals surface area contributed by atoms with Crippen LogP contribution in [0.5, 0.6) is 0 Å². The molecule has 15 heavy (non-hydrogen) atoms. The molecule has 0 fully saturated rings. The van der Waals surface area contributed by atoms with Gasteiger partial charge in [0.05, 0.1) is 0 Å². The highest BCUT2D eigenvalue weighted by Gasteiger charge is 2.14. The number of carbonyl (C=O) groups is 1. The van der Waals surface area contributed by atoms with Gasteiger partial charge in [-0.1, -0.05) is 31.7 Å². The number of hydrogen-bond acceptors (Lipinski definition) is 1. The molecular formula is C13H16NO. The molecule has 0 N–H and O–H groups in total. The molecule has 1 amide bonds. The van der Waals surface area contributed by atoms with Gasteiger partial charge in [0.1, 0.15) is 0 Å². The van der Waals surface area contributed by atoms with Crippen LogP contribution in [0, 0.1) is 6.92 Å². The first-order valence-electron chi connectivity index (χ1n) is 4.98. The number of rotatable bonds is 4. The summed E-state index contributed by atoms with van der Waals surface area (Å²) in [5.41, 5.74) is 1.45. The SMILES string of the molecule is [CH2]CCN(C(=C)C)C(=O)c1ccccc1. The molecule has 2 heteroatoms. The summed E-state index contributed by atoms with van der Waals surface area (Å²) in [5, 5.41) is 0. The summed E-state index contributed by atoms with van der Waals surface area (Å²) >= 11 is 0. The van der Waals surface area contributed by atoms with Crippen molar-refractivity contribution in [3.05, 3.63) is 55.1 Å². The highest BCUT2D eigenvalue weighted by Crippen LogP contribution is 2.09. The van der Waals surface area contributed by atoms with Crippen LogP contribution in [0.15, 0.2) is 42.6 Å². The lowest BCUT2D eigenvalue weighted by molar-refractivity contribution is 0.0808. The summed E-state index contributed by atoms with van der Waals surface area (Å²) in [5.74, 6) is -0.00764. The minimum Gasteiger partial charge on any atom is -0.313 e. The Labute approximate surface area is 91.2 Å². The van der Waals surface area contributed by atoms with Gasteiger partial charge >= 0.3 is 0 Å². The van der Waals surface area contributed by atoms with Crippen LogP contribution in [-0.4, -0.2) is 17.4 Å². The topological polar surface area (TPSA) is 20.3 Å². The number of nitrogens with zero attached hydrogens (tertiary/aromatic N) is 1. The summed E-state index contributed by atoms with van der Waals surface area (Å²) in [4.78, 5) is 13.7. The van der Waals surface area contributed by atoms with Gasteiger partial charge < -0.3 is 4.90 Å². The van der Waals surface area contributed by atoms with Crippen LogP contribution in [0.3, 0.4) is 0 Å². The molecule has 0 saturated heterocycles. The Morgan fingerprint density at radius 2 is 1.93 bits per heavy atom. The standard InChI is InChI=1S/C13H16NO/c1-4-10-14(11(2)3)13(15)12-8-6-5-7-9-12/h5-9H,1-2,4,10H2,3H3. The van der Waals surface area contributed by atoms with E-state index < -0.39 is 0 Å². The summed E-state index contributed by atoms with van der Waals surface area (Å²) < 4.78 is 0. The Balaban J connectivity index is 2.86. The second-order valence-electron chi connectivity index (χ2n) is 3.41. The van der Waals surface area contributed by atoms with Crippen molar-refractivity contribution in [2.24, 2.45) is 0 Å². The van der Waals surface area contributed by atoms with Crippen molar-refractivity contribution in [1.29, 1.82) is 0 Å². The van der Waals surface area contributed by atoms with Crippen LogP contribution in [-0.2, 0) is 0 Å². The van der Waals surface area contributed by atoms with E-state index in [1.54, 1.807) is 17.0 Å². The zero-order valence-electron chi connectivity index (χ0n) is 9.07. The predicted octanol–water partition coefficient (Wildman–Crippen LogP) is 2.89. The minimum absolute atomic E-state index is 0.00764. The van der Waals surface area contributed by atoms with Crippen molar-refractivity contribution < 1.29 is 4.79 Å². The van der Waals surface area contributed by atoms with E-state index in [0.717, 1.165) is 5.70 Å². The van der Waals surface area contributed by atoms with Crippen LogP contribution < -0.4 is 0 Å². The first kappa shape index (κ1) is 11.5. The van der Waals surface area contributed by atoms with Crippen LogP contribution in [0.1, 0.15) is 23.7 Å². The number of hydrogen-bond donors (Lipinski definition) is 0. The fourth-order valence-electron chi connectivity index (χ4n) is 1.36. The zero-order chi connectivity index (χ0) is 11.3. The molecule has 0 bridgehead atoms. The Kier molecular flexibility index (Phi) is 4.10. The van der Waals surface area contributed by atoms with E-state index in [-0.39, 0.29) is 5.91 Å². The van der Waals surface area contributed by atoms with Crippen LogP contribution in [0.25, 0.3) is 0 Å². The quantitative estimate of drug-likeness (QED) is 0.735. The Morgan fingerprint density at radius 3 is 2.40 bits per heavy atom. The van der Waals surface area contributed by atoms with Gasteiger partial charge in [-0.25, -0.2) is 0 Å². The van der Waals surface area contributed by atoms with Crippen molar-refractivity contribution in [1.82, 2.24) is 4.90 Å². The van der Waals surface area contributed by atoms with E-state index in [2.05, 4.69) is 13.5 Å². The van der Waals surface area contributed by atoms with Crippen molar-refractivity contribution >= 4 is 5.91 Å². The average molecular weight is 202 g/mol. The lowest BCUT2D eigenvalue weighted by Crippen LogP contribution is -2.29. The molecule has 0 aliphatic heterocycles. The van der Waals surface area contributed by atoms with Gasteiger partial charge in [0.15, 0.2) is 0 Å². The molecule has 1 radical (unpaired) electrons. The summed E-state index contributed by atoms with van der Waals surface area (Å²) in [6.45, 7) is 9.99. The van der Waals surface area contributed by atoms with Gasteiger partial charge in [-0.3, -0.25) is 4.79 Å². The first-order valence-corrected chi connectivity index (χ1v) is 4.98. The second-order valence-corrected chi connectivity index (χ2v) is 3.41. The summed E-state index contributed by atoms with van der Waals surface area (Å²) in [7, 11) is 0. The van der Waals surface area contributed by atoms with Crippen LogP contribution >= 0.6 is 0 Å². The van der Waals surface area contributed by atoms with Crippen molar-refractivity contribution in [2.45, 2.75) is 13.3 Å². The van der Waals surface area contributed by atoms with Crippen molar-refractivity contribution in [3.8, 4) is 0 Å². The summed E-state index contributed by atoms with van der Waals surface area (Å²) in [6.07, 6.45) is 0.686. The average Bonchev–Trinajstić information content (AvgIpc) is 2.26. The Morgan fingerprint density at radius 1 is 1.33 bits per heavy atom. The Bertz CT molecular complexity index is 343. The maximum absolute atomic E-state index is 12.0. The Hall–Kier alpha value is -1.57. The maximum Gasteiger partial charge on any atom is 0.257 e. The molecule has 0 aliphatic rings. The molecule has 0 heterocycles. The molecule has 0 atom stereocenters. The first-order chi connectivity index (χ1) is 7.16. The monoisotopic (exact) mass is 202 g/mol. The number of allylic oxidation sites excluding steroid dienone is 1. The molecule has 0 spiro atoms. The smallest absolute Gasteiger partial charge is 0.257 e. The fourth-order valence-corrected chi connectivity index (χ4v) is 1.36. The molecule has 0 aromatic heterocycles. The van der Waals surface area contributed by atoms with Crippen molar-refractivity contribution in [2.75, 3.05) is 6.54 Å². The highest BCUT2D eigenvalue weighted by atomic mass is 16.2. The molecule has 0 unspecified atom stereocenters. The van der Waals surface area contributed by atoms with Gasteiger partial charge in [0.2, 0.25) is 0 Å². The van der Waals surface area contributed by atoms with E-state index in [9.17, 15) is 4.79 Å². The van der Waals surface area contributed by atoms with E-state index in [0.29, 0.717) is 18.5 Å². The highest BCUT2D eigenvalue weighted by molar-refractivity contribution is 5.95. The molecule has 0 saturated carbocycles. The molecule has 0 aliphatic carbocycles. The second kappa shape index (κ2) is 5.35. The van der Waals surface area contributed by atoms with Crippen LogP contribution in [0.4, 0.5) is 0 Å². The van der Waals surface area contributed by atoms with Crippen molar-refractivity contribution in [3.63, 3.8) is 0 Å². The predicted molar refractivity (Wildman–Crippen MR) is 62.3 cm³/mol. The van der Waals surface area contributed by atoms with E-state index in [4.69, 9.17) is 0 Å². The molecule has 1 aromatic rings. The molecule has 2 nitrogen and oxygen atoms in total. The van der Waals surface area contributed by atoms with Gasteiger partial charge in [0.25, 0.3) is 5.91 Å². The number of carbonyl (C=O) groups excluding carboxylic acids is 1. The van der Waals surface area contributed by atoms with E-state index in [1.807, 2.05) is 25.1 Å². The number of amides is 1. The lowest BCUT2D eigenvalue weighted by atomic mass is 10.2. The van der Waals surface area contributed by atoms with Gasteiger partial charge in [-0.15, -0.1) is 0 Å². The lowest BCUT2D eigenvalue weighted by Gasteiger charge is -2.21. The minimum atomic E-state index is -0.00764. The molecule has 1 rings (SSSR count). The molecule has 1 aromatic carbocycles. The third kappa shape index (κ3) is 2.94. The third-order valence-electron chi connectivity index (χ3n) is 2.11. The molecule has 79 valence electrons. The maximum atomic E-state index is 12.0. The third-order valence-corrected chi connectivity index (χ3v) is 2.11. The molecular weight excluding hydrogens is 186 g/mol. The van der Waals surface area contributed by atoms with Gasteiger partial charge in [0, 0.05) is 17.8 Å². The number of benzene rings is 1. The fraction of sp³-hybridized carbons (Fsp3) is 0.231. The van der Waals surface area contributed by atoms with E-state index in [1.165, 1.54) is 0 Å². The van der Waals surface area contributed by atoms with Gasteiger partial charge in [-0.2, -0.15) is 0 Å². The zero-order valence-corrected chi connectivity index (χ0v) is 9.07. The van der Waals surface area contributed by atoms with Gasteiger partial charge in [-0.05, 0) is 25.5 Å².